The Morgan fingerprint density at radius 2 is 0.973 bits per heavy atom. The molecule has 0 atom stereocenters. The molecule has 2 N–H and O–H groups in total. The van der Waals surface area contributed by atoms with Crippen molar-refractivity contribution in [2.75, 3.05) is 4.90 Å². The predicted octanol–water partition coefficient (Wildman–Crippen LogP) is 6.15. The van der Waals surface area contributed by atoms with Gasteiger partial charge in [-0.3, -0.25) is 0 Å². The Labute approximate surface area is 218 Å². The van der Waals surface area contributed by atoms with Gasteiger partial charge in [0.1, 0.15) is 0 Å². The molecule has 180 valence electrons. The van der Waals surface area contributed by atoms with Crippen molar-refractivity contribution in [3.63, 3.8) is 0 Å². The summed E-state index contributed by atoms with van der Waals surface area (Å²) in [6.07, 6.45) is 0. The quantitative estimate of drug-likeness (QED) is 0.297. The Morgan fingerprint density at radius 3 is 1.41 bits per heavy atom. The third kappa shape index (κ3) is 3.69. The van der Waals surface area contributed by atoms with Gasteiger partial charge in [0, 0.05) is 5.69 Å². The van der Waals surface area contributed by atoms with Crippen molar-refractivity contribution < 1.29 is 10.0 Å². The summed E-state index contributed by atoms with van der Waals surface area (Å²) in [6.45, 7) is 4.25. The van der Waals surface area contributed by atoms with Crippen LogP contribution >= 0.6 is 0 Å². The molecule has 0 saturated carbocycles. The van der Waals surface area contributed by atoms with Crippen LogP contribution in [0.25, 0.3) is 0 Å². The van der Waals surface area contributed by atoms with Crippen molar-refractivity contribution in [2.24, 2.45) is 0 Å². The van der Waals surface area contributed by atoms with Crippen molar-refractivity contribution in [2.45, 2.75) is 19.3 Å². The molecule has 3 nitrogen and oxygen atoms in total. The lowest BCUT2D eigenvalue weighted by Gasteiger charge is -2.46. The molecule has 0 unspecified atom stereocenters. The molecule has 0 fully saturated rings. The molecule has 37 heavy (non-hydrogen) atoms. The van der Waals surface area contributed by atoms with Crippen molar-refractivity contribution in [3.05, 3.63) is 155 Å². The number of nitrogens with zero attached hydrogens (tertiary/aromatic N) is 1. The lowest BCUT2D eigenvalue weighted by Crippen LogP contribution is -2.38. The van der Waals surface area contributed by atoms with Crippen molar-refractivity contribution in [3.8, 4) is 0 Å². The maximum atomic E-state index is 9.64. The molecular formula is C33H28BNO2. The number of para-hydroxylation sites is 2. The smallest absolute Gasteiger partial charge is 0.423 e. The minimum absolute atomic E-state index is 0.469. The maximum Gasteiger partial charge on any atom is 0.488 e. The number of benzene rings is 5. The molecule has 0 radical (unpaired) electrons. The first kappa shape index (κ1) is 23.3. The average molecular weight is 481 g/mol. The van der Waals surface area contributed by atoms with Gasteiger partial charge in [0.05, 0.1) is 16.8 Å². The van der Waals surface area contributed by atoms with Gasteiger partial charge in [0.25, 0.3) is 0 Å². The van der Waals surface area contributed by atoms with Crippen molar-refractivity contribution >= 4 is 29.6 Å². The second kappa shape index (κ2) is 9.08. The highest BCUT2D eigenvalue weighted by molar-refractivity contribution is 6.58. The summed E-state index contributed by atoms with van der Waals surface area (Å²) in [5.74, 6) is 0. The largest absolute Gasteiger partial charge is 0.488 e. The number of hydrogen-bond acceptors (Lipinski definition) is 3. The van der Waals surface area contributed by atoms with Crippen LogP contribution in [0.15, 0.2) is 121 Å². The Morgan fingerprint density at radius 1 is 0.541 bits per heavy atom. The number of aryl methyl sites for hydroxylation is 2. The zero-order chi connectivity index (χ0) is 25.6. The average Bonchev–Trinajstić information content (AvgIpc) is 2.93. The molecule has 5 aromatic carbocycles. The van der Waals surface area contributed by atoms with E-state index in [1.54, 1.807) is 12.1 Å². The van der Waals surface area contributed by atoms with Gasteiger partial charge in [-0.25, -0.2) is 0 Å². The summed E-state index contributed by atoms with van der Waals surface area (Å²) in [5, 5.41) is 19.3. The second-order valence-electron chi connectivity index (χ2n) is 9.82. The van der Waals surface area contributed by atoms with Crippen LogP contribution in [0, 0.1) is 13.8 Å². The van der Waals surface area contributed by atoms with E-state index in [1.807, 2.05) is 12.1 Å². The molecule has 0 saturated heterocycles. The first-order valence-corrected chi connectivity index (χ1v) is 12.6. The van der Waals surface area contributed by atoms with E-state index in [1.165, 1.54) is 33.4 Å². The van der Waals surface area contributed by atoms with Crippen LogP contribution in [-0.4, -0.2) is 17.2 Å². The van der Waals surface area contributed by atoms with Gasteiger partial charge < -0.3 is 14.9 Å². The first-order valence-electron chi connectivity index (χ1n) is 12.6. The molecule has 0 spiro atoms. The number of fused-ring (bicyclic) bond motifs is 2. The normalized spacial score (nSPS) is 13.6. The van der Waals surface area contributed by atoms with Crippen LogP contribution in [0.2, 0.25) is 0 Å². The summed E-state index contributed by atoms with van der Waals surface area (Å²) in [4.78, 5) is 2.28. The van der Waals surface area contributed by atoms with E-state index in [9.17, 15) is 10.0 Å². The third-order valence-electron chi connectivity index (χ3n) is 7.52. The van der Waals surface area contributed by atoms with Crippen LogP contribution in [0.1, 0.15) is 33.4 Å². The zero-order valence-electron chi connectivity index (χ0n) is 21.0. The van der Waals surface area contributed by atoms with Crippen LogP contribution < -0.4 is 10.4 Å². The van der Waals surface area contributed by atoms with Gasteiger partial charge in [0.15, 0.2) is 0 Å². The van der Waals surface area contributed by atoms with Crippen molar-refractivity contribution in [1.82, 2.24) is 0 Å². The lowest BCUT2D eigenvalue weighted by molar-refractivity contribution is 0.426. The van der Waals surface area contributed by atoms with Gasteiger partial charge in [-0.05, 0) is 65.8 Å². The molecule has 0 aromatic heterocycles. The molecule has 0 aliphatic carbocycles. The topological polar surface area (TPSA) is 43.7 Å². The van der Waals surface area contributed by atoms with E-state index >= 15 is 0 Å². The summed E-state index contributed by atoms with van der Waals surface area (Å²) in [7, 11) is -1.49. The fourth-order valence-corrected chi connectivity index (χ4v) is 5.72. The van der Waals surface area contributed by atoms with Crippen LogP contribution in [0.3, 0.4) is 0 Å². The summed E-state index contributed by atoms with van der Waals surface area (Å²) >= 11 is 0. The zero-order valence-corrected chi connectivity index (χ0v) is 21.0. The Hall–Kier alpha value is -4.12. The molecular weight excluding hydrogens is 453 g/mol. The van der Waals surface area contributed by atoms with Crippen LogP contribution in [-0.2, 0) is 5.41 Å². The summed E-state index contributed by atoms with van der Waals surface area (Å²) < 4.78 is 0. The molecule has 0 bridgehead atoms. The van der Waals surface area contributed by atoms with E-state index in [0.29, 0.717) is 5.46 Å². The highest BCUT2D eigenvalue weighted by atomic mass is 16.4. The number of anilines is 3. The van der Waals surface area contributed by atoms with Crippen LogP contribution in [0.5, 0.6) is 0 Å². The highest BCUT2D eigenvalue weighted by Gasteiger charge is 2.46. The fraction of sp³-hybridized carbons (Fsp3) is 0.0909. The van der Waals surface area contributed by atoms with E-state index in [-0.39, 0.29) is 0 Å². The fourth-order valence-electron chi connectivity index (χ4n) is 5.72. The van der Waals surface area contributed by atoms with Gasteiger partial charge in [-0.15, -0.1) is 0 Å². The molecule has 1 aliphatic rings. The van der Waals surface area contributed by atoms with Gasteiger partial charge in [-0.1, -0.05) is 108 Å². The molecule has 0 amide bonds. The van der Waals surface area contributed by atoms with Gasteiger partial charge in [0.2, 0.25) is 0 Å². The molecule has 1 aliphatic heterocycles. The standard InChI is InChI=1S/C33H28BNO2/c1-23-11-15-25(16-12-23)33(26-17-13-24(2)14-18-26)29-7-3-5-9-31(29)35(32-10-6-4-8-30(32)33)28-21-19-27(20-22-28)34(36)37/h3-22,36-37H,1-2H3. The number of hydrogen-bond donors (Lipinski definition) is 2. The van der Waals surface area contributed by atoms with Gasteiger partial charge in [-0.2, -0.15) is 0 Å². The lowest BCUT2D eigenvalue weighted by atomic mass is 9.62. The van der Waals surface area contributed by atoms with E-state index in [4.69, 9.17) is 0 Å². The highest BCUT2D eigenvalue weighted by Crippen LogP contribution is 2.57. The molecule has 6 rings (SSSR count). The van der Waals surface area contributed by atoms with E-state index in [2.05, 4.69) is 116 Å². The molecule has 1 heterocycles. The predicted molar refractivity (Wildman–Crippen MR) is 152 cm³/mol. The maximum absolute atomic E-state index is 9.64. The Bertz CT molecular complexity index is 1460. The SMILES string of the molecule is Cc1ccc(C2(c3ccc(C)cc3)c3ccccc3N(c3ccc(B(O)O)cc3)c3ccccc32)cc1. The van der Waals surface area contributed by atoms with Gasteiger partial charge >= 0.3 is 7.12 Å². The Kier molecular flexibility index (Phi) is 5.71. The summed E-state index contributed by atoms with van der Waals surface area (Å²) in [5.41, 5.74) is 10.4. The number of rotatable bonds is 4. The van der Waals surface area contributed by atoms with Crippen LogP contribution in [0.4, 0.5) is 17.1 Å². The monoisotopic (exact) mass is 481 g/mol. The Balaban J connectivity index is 1.70. The molecule has 4 heteroatoms. The summed E-state index contributed by atoms with van der Waals surface area (Å²) in [6, 6.07) is 42.5. The van der Waals surface area contributed by atoms with E-state index < -0.39 is 12.5 Å². The third-order valence-corrected chi connectivity index (χ3v) is 7.52. The molecule has 5 aromatic rings. The minimum atomic E-state index is -1.49. The minimum Gasteiger partial charge on any atom is -0.423 e. The van der Waals surface area contributed by atoms with E-state index in [0.717, 1.165) is 17.1 Å². The van der Waals surface area contributed by atoms with Crippen molar-refractivity contribution in [1.29, 1.82) is 0 Å². The first-order chi connectivity index (χ1) is 18.0. The second-order valence-corrected chi connectivity index (χ2v) is 9.82.